The minimum atomic E-state index is -3.57. The highest BCUT2D eigenvalue weighted by Crippen LogP contribution is 2.15. The van der Waals surface area contributed by atoms with E-state index in [0.717, 1.165) is 11.3 Å². The van der Waals surface area contributed by atoms with Crippen LogP contribution in [-0.2, 0) is 30.1 Å². The topological polar surface area (TPSA) is 84.2 Å². The molecule has 2 rings (SSSR count). The van der Waals surface area contributed by atoms with E-state index >= 15 is 0 Å². The highest BCUT2D eigenvalue weighted by molar-refractivity contribution is 7.89. The number of aromatic nitrogens is 2. The molecular formula is C14H19N3O3S. The SMILES string of the molecule is Cc1ccc(S(=O)(=O)NCCc2ccn(C)n2)cc1CO. The molecule has 1 aromatic heterocycles. The lowest BCUT2D eigenvalue weighted by Gasteiger charge is -2.09. The summed E-state index contributed by atoms with van der Waals surface area (Å²) >= 11 is 0. The molecule has 0 aliphatic rings. The van der Waals surface area contributed by atoms with Gasteiger partial charge in [-0.3, -0.25) is 4.68 Å². The molecule has 2 N–H and O–H groups in total. The molecule has 21 heavy (non-hydrogen) atoms. The van der Waals surface area contributed by atoms with Gasteiger partial charge in [-0.2, -0.15) is 5.10 Å². The zero-order chi connectivity index (χ0) is 15.5. The molecule has 114 valence electrons. The lowest BCUT2D eigenvalue weighted by atomic mass is 10.1. The predicted molar refractivity (Wildman–Crippen MR) is 79.2 cm³/mol. The van der Waals surface area contributed by atoms with Gasteiger partial charge in [0.1, 0.15) is 0 Å². The molecular weight excluding hydrogens is 290 g/mol. The highest BCUT2D eigenvalue weighted by Gasteiger charge is 2.14. The summed E-state index contributed by atoms with van der Waals surface area (Å²) in [6, 6.07) is 6.58. The average Bonchev–Trinajstić information content (AvgIpc) is 2.84. The minimum Gasteiger partial charge on any atom is -0.392 e. The van der Waals surface area contributed by atoms with E-state index in [9.17, 15) is 13.5 Å². The third kappa shape index (κ3) is 3.90. The molecule has 2 aromatic rings. The van der Waals surface area contributed by atoms with Crippen LogP contribution in [0.15, 0.2) is 35.4 Å². The summed E-state index contributed by atoms with van der Waals surface area (Å²) in [5.41, 5.74) is 2.31. The van der Waals surface area contributed by atoms with Crippen LogP contribution < -0.4 is 4.72 Å². The molecule has 0 spiro atoms. The van der Waals surface area contributed by atoms with Crippen LogP contribution in [0.2, 0.25) is 0 Å². The number of sulfonamides is 1. The Morgan fingerprint density at radius 2 is 2.10 bits per heavy atom. The van der Waals surface area contributed by atoms with Crippen molar-refractivity contribution in [3.05, 3.63) is 47.3 Å². The molecule has 0 aliphatic heterocycles. The maximum Gasteiger partial charge on any atom is 0.240 e. The normalized spacial score (nSPS) is 11.8. The second-order valence-corrected chi connectivity index (χ2v) is 6.64. The number of nitrogens with one attached hydrogen (secondary N) is 1. The molecule has 0 unspecified atom stereocenters. The first-order valence-electron chi connectivity index (χ1n) is 6.61. The predicted octanol–water partition coefficient (Wildman–Crippen LogP) is 0.742. The van der Waals surface area contributed by atoms with Gasteiger partial charge in [0.05, 0.1) is 17.2 Å². The van der Waals surface area contributed by atoms with Gasteiger partial charge in [-0.05, 0) is 36.2 Å². The van der Waals surface area contributed by atoms with Gasteiger partial charge in [0.2, 0.25) is 10.0 Å². The number of aliphatic hydroxyl groups is 1. The van der Waals surface area contributed by atoms with Crippen molar-refractivity contribution in [2.24, 2.45) is 7.05 Å². The fraction of sp³-hybridized carbons (Fsp3) is 0.357. The standard InChI is InChI=1S/C14H19N3O3S/c1-11-3-4-14(9-12(11)10-18)21(19,20)15-7-5-13-6-8-17(2)16-13/h3-4,6,8-9,15,18H,5,7,10H2,1-2H3. The van der Waals surface area contributed by atoms with E-state index < -0.39 is 10.0 Å². The van der Waals surface area contributed by atoms with Crippen molar-refractivity contribution in [2.75, 3.05) is 6.54 Å². The van der Waals surface area contributed by atoms with Crippen molar-refractivity contribution < 1.29 is 13.5 Å². The van der Waals surface area contributed by atoms with Gasteiger partial charge in [-0.25, -0.2) is 13.1 Å². The van der Waals surface area contributed by atoms with Gasteiger partial charge in [0.15, 0.2) is 0 Å². The van der Waals surface area contributed by atoms with Gasteiger partial charge >= 0.3 is 0 Å². The van der Waals surface area contributed by atoms with Crippen LogP contribution in [0, 0.1) is 6.92 Å². The van der Waals surface area contributed by atoms with E-state index in [1.54, 1.807) is 10.7 Å². The lowest BCUT2D eigenvalue weighted by molar-refractivity contribution is 0.280. The van der Waals surface area contributed by atoms with Gasteiger partial charge < -0.3 is 5.11 Å². The molecule has 0 atom stereocenters. The van der Waals surface area contributed by atoms with E-state index in [1.165, 1.54) is 12.1 Å². The molecule has 1 aromatic carbocycles. The Bertz CT molecular complexity index is 723. The Morgan fingerprint density at radius 1 is 1.33 bits per heavy atom. The van der Waals surface area contributed by atoms with Crippen LogP contribution in [0.5, 0.6) is 0 Å². The number of nitrogens with zero attached hydrogens (tertiary/aromatic N) is 2. The van der Waals surface area contributed by atoms with E-state index in [1.807, 2.05) is 26.2 Å². The fourth-order valence-corrected chi connectivity index (χ4v) is 3.06. The third-order valence-corrected chi connectivity index (χ3v) is 4.70. The van der Waals surface area contributed by atoms with Gasteiger partial charge in [-0.15, -0.1) is 0 Å². The van der Waals surface area contributed by atoms with E-state index in [4.69, 9.17) is 0 Å². The maximum atomic E-state index is 12.2. The molecule has 0 fully saturated rings. The average molecular weight is 309 g/mol. The van der Waals surface area contributed by atoms with Gasteiger partial charge in [0, 0.05) is 26.2 Å². The number of aliphatic hydroxyl groups excluding tert-OH is 1. The van der Waals surface area contributed by atoms with Gasteiger partial charge in [-0.1, -0.05) is 6.07 Å². The molecule has 0 aliphatic carbocycles. The second-order valence-electron chi connectivity index (χ2n) is 4.87. The Morgan fingerprint density at radius 3 is 2.71 bits per heavy atom. The summed E-state index contributed by atoms with van der Waals surface area (Å²) < 4.78 is 28.6. The largest absolute Gasteiger partial charge is 0.392 e. The van der Waals surface area contributed by atoms with Crippen LogP contribution in [0.4, 0.5) is 0 Å². The first-order valence-corrected chi connectivity index (χ1v) is 8.09. The fourth-order valence-electron chi connectivity index (χ4n) is 1.98. The summed E-state index contributed by atoms with van der Waals surface area (Å²) in [6.45, 7) is 1.93. The molecule has 0 saturated carbocycles. The van der Waals surface area contributed by atoms with E-state index in [-0.39, 0.29) is 18.0 Å². The van der Waals surface area contributed by atoms with Crippen LogP contribution in [-0.4, -0.2) is 29.8 Å². The highest BCUT2D eigenvalue weighted by atomic mass is 32.2. The lowest BCUT2D eigenvalue weighted by Crippen LogP contribution is -2.26. The summed E-state index contributed by atoms with van der Waals surface area (Å²) in [4.78, 5) is 0.165. The second kappa shape index (κ2) is 6.38. The number of hydrogen-bond donors (Lipinski definition) is 2. The maximum absolute atomic E-state index is 12.2. The molecule has 7 heteroatoms. The molecule has 0 radical (unpaired) electrons. The molecule has 0 bridgehead atoms. The number of hydrogen-bond acceptors (Lipinski definition) is 4. The van der Waals surface area contributed by atoms with Crippen molar-refractivity contribution in [3.8, 4) is 0 Å². The van der Waals surface area contributed by atoms with Crippen molar-refractivity contribution >= 4 is 10.0 Å². The zero-order valence-corrected chi connectivity index (χ0v) is 12.9. The van der Waals surface area contributed by atoms with Gasteiger partial charge in [0.25, 0.3) is 0 Å². The summed E-state index contributed by atoms with van der Waals surface area (Å²) in [6.07, 6.45) is 2.34. The smallest absolute Gasteiger partial charge is 0.240 e. The van der Waals surface area contributed by atoms with E-state index in [0.29, 0.717) is 12.0 Å². The molecule has 0 amide bonds. The number of aryl methyl sites for hydroxylation is 2. The monoisotopic (exact) mass is 309 g/mol. The quantitative estimate of drug-likeness (QED) is 0.824. The minimum absolute atomic E-state index is 0.165. The number of benzene rings is 1. The molecule has 1 heterocycles. The van der Waals surface area contributed by atoms with Crippen molar-refractivity contribution in [3.63, 3.8) is 0 Å². The number of rotatable bonds is 6. The Hall–Kier alpha value is -1.70. The first-order chi connectivity index (χ1) is 9.92. The molecule has 6 nitrogen and oxygen atoms in total. The van der Waals surface area contributed by atoms with Crippen molar-refractivity contribution in [1.29, 1.82) is 0 Å². The summed E-state index contributed by atoms with van der Waals surface area (Å²) in [5.74, 6) is 0. The van der Waals surface area contributed by atoms with Crippen LogP contribution >= 0.6 is 0 Å². The third-order valence-electron chi connectivity index (χ3n) is 3.24. The van der Waals surface area contributed by atoms with Crippen LogP contribution in [0.25, 0.3) is 0 Å². The van der Waals surface area contributed by atoms with Crippen molar-refractivity contribution in [1.82, 2.24) is 14.5 Å². The Balaban J connectivity index is 2.04. The Labute approximate surface area is 124 Å². The van der Waals surface area contributed by atoms with Crippen LogP contribution in [0.1, 0.15) is 16.8 Å². The van der Waals surface area contributed by atoms with E-state index in [2.05, 4.69) is 9.82 Å². The van der Waals surface area contributed by atoms with Crippen LogP contribution in [0.3, 0.4) is 0 Å². The summed E-state index contributed by atoms with van der Waals surface area (Å²) in [5, 5.41) is 13.4. The Kier molecular flexibility index (Phi) is 4.76. The molecule has 0 saturated heterocycles. The summed E-state index contributed by atoms with van der Waals surface area (Å²) in [7, 11) is -1.75. The zero-order valence-electron chi connectivity index (χ0n) is 12.1. The van der Waals surface area contributed by atoms with Crippen molar-refractivity contribution in [2.45, 2.75) is 24.8 Å². The first kappa shape index (κ1) is 15.7.